The largest absolute Gasteiger partial charge is 0.411 e. The Morgan fingerprint density at radius 3 is 2.82 bits per heavy atom. The average molecular weight is 235 g/mol. The lowest BCUT2D eigenvalue weighted by Gasteiger charge is -2.24. The molecule has 0 radical (unpaired) electrons. The molecule has 6 nitrogen and oxygen atoms in total. The minimum atomic E-state index is 0.430. The fourth-order valence-electron chi connectivity index (χ4n) is 1.41. The predicted molar refractivity (Wildman–Crippen MR) is 66.5 cm³/mol. The number of nitrogens with one attached hydrogen (secondary N) is 1. The number of hydrogen-bond acceptors (Lipinski definition) is 4. The molecule has 0 fully saturated rings. The van der Waals surface area contributed by atoms with E-state index in [1.807, 2.05) is 38.2 Å². The van der Waals surface area contributed by atoms with E-state index < -0.39 is 0 Å². The molecule has 0 aliphatic rings. The summed E-state index contributed by atoms with van der Waals surface area (Å²) < 4.78 is 0. The van der Waals surface area contributed by atoms with Crippen molar-refractivity contribution in [1.82, 2.24) is 14.8 Å². The summed E-state index contributed by atoms with van der Waals surface area (Å²) in [6.45, 7) is 0.603. The van der Waals surface area contributed by atoms with E-state index in [4.69, 9.17) is 10.6 Å². The van der Waals surface area contributed by atoms with E-state index in [0.717, 1.165) is 5.56 Å². The molecule has 0 saturated heterocycles. The molecule has 0 saturated carbocycles. The number of oxime groups is 1. The van der Waals surface area contributed by atoms with Gasteiger partial charge in [0.05, 0.1) is 11.9 Å². The Morgan fingerprint density at radius 2 is 2.24 bits per heavy atom. The molecule has 0 aliphatic heterocycles. The van der Waals surface area contributed by atoms with Gasteiger partial charge in [0.2, 0.25) is 0 Å². The van der Waals surface area contributed by atoms with Crippen LogP contribution in [-0.4, -0.2) is 53.3 Å². The lowest BCUT2D eigenvalue weighted by atomic mass is 10.2. The van der Waals surface area contributed by atoms with Crippen LogP contribution in [0, 0.1) is 5.41 Å². The Labute approximate surface area is 101 Å². The number of guanidine groups is 1. The quantitative estimate of drug-likeness (QED) is 0.352. The van der Waals surface area contributed by atoms with Gasteiger partial charge in [0, 0.05) is 33.9 Å². The standard InChI is InChI=1S/C11H17N5O/c1-15(2)11(12)16(3)8-9-4-5-13-10(6-9)7-14-17/h4-7,12,17H,8H2,1-3H3/b12-11?,14-7+. The molecule has 0 aromatic carbocycles. The van der Waals surface area contributed by atoms with Crippen molar-refractivity contribution in [3.8, 4) is 0 Å². The van der Waals surface area contributed by atoms with E-state index in [9.17, 15) is 0 Å². The number of rotatable bonds is 3. The molecule has 0 bridgehead atoms. The van der Waals surface area contributed by atoms with Crippen molar-refractivity contribution in [2.24, 2.45) is 5.16 Å². The zero-order valence-electron chi connectivity index (χ0n) is 10.3. The summed E-state index contributed by atoms with van der Waals surface area (Å²) in [7, 11) is 5.51. The second kappa shape index (κ2) is 5.83. The van der Waals surface area contributed by atoms with E-state index in [0.29, 0.717) is 18.2 Å². The molecule has 2 N–H and O–H groups in total. The summed E-state index contributed by atoms with van der Waals surface area (Å²) in [6, 6.07) is 3.69. The van der Waals surface area contributed by atoms with Gasteiger partial charge in [-0.05, 0) is 17.7 Å². The fourth-order valence-corrected chi connectivity index (χ4v) is 1.41. The van der Waals surface area contributed by atoms with Crippen LogP contribution in [0.25, 0.3) is 0 Å². The average Bonchev–Trinajstić information content (AvgIpc) is 2.28. The van der Waals surface area contributed by atoms with Crippen LogP contribution in [-0.2, 0) is 6.54 Å². The van der Waals surface area contributed by atoms with Crippen LogP contribution in [0.15, 0.2) is 23.5 Å². The summed E-state index contributed by atoms with van der Waals surface area (Å²) in [5, 5.41) is 19.2. The molecular weight excluding hydrogens is 218 g/mol. The van der Waals surface area contributed by atoms with Gasteiger partial charge in [-0.1, -0.05) is 5.16 Å². The Bertz CT molecular complexity index is 416. The molecule has 1 aromatic heterocycles. The van der Waals surface area contributed by atoms with Gasteiger partial charge in [-0.3, -0.25) is 10.4 Å². The lowest BCUT2D eigenvalue weighted by molar-refractivity contribution is 0.321. The zero-order chi connectivity index (χ0) is 12.8. The smallest absolute Gasteiger partial charge is 0.193 e. The molecule has 0 atom stereocenters. The van der Waals surface area contributed by atoms with E-state index in [1.165, 1.54) is 6.21 Å². The van der Waals surface area contributed by atoms with E-state index in [2.05, 4.69) is 10.1 Å². The molecule has 1 rings (SSSR count). The highest BCUT2D eigenvalue weighted by Gasteiger charge is 2.07. The van der Waals surface area contributed by atoms with Crippen LogP contribution >= 0.6 is 0 Å². The second-order valence-electron chi connectivity index (χ2n) is 3.91. The highest BCUT2D eigenvalue weighted by atomic mass is 16.4. The minimum absolute atomic E-state index is 0.430. The van der Waals surface area contributed by atoms with Gasteiger partial charge in [0.1, 0.15) is 0 Å². The first-order valence-corrected chi connectivity index (χ1v) is 5.14. The molecule has 17 heavy (non-hydrogen) atoms. The molecule has 6 heteroatoms. The van der Waals surface area contributed by atoms with Gasteiger partial charge in [-0.2, -0.15) is 0 Å². The third-order valence-electron chi connectivity index (χ3n) is 2.24. The Hall–Kier alpha value is -2.11. The predicted octanol–water partition coefficient (Wildman–Crippen LogP) is 0.818. The van der Waals surface area contributed by atoms with Gasteiger partial charge in [-0.15, -0.1) is 0 Å². The van der Waals surface area contributed by atoms with Crippen LogP contribution in [0.2, 0.25) is 0 Å². The Balaban J connectivity index is 2.74. The SMILES string of the molecule is CN(C)C(=N)N(C)Cc1ccnc(/C=N/O)c1. The first-order chi connectivity index (χ1) is 8.04. The maximum Gasteiger partial charge on any atom is 0.193 e. The van der Waals surface area contributed by atoms with Gasteiger partial charge in [-0.25, -0.2) is 0 Å². The van der Waals surface area contributed by atoms with E-state index in [1.54, 1.807) is 11.1 Å². The number of pyridine rings is 1. The monoisotopic (exact) mass is 235 g/mol. The van der Waals surface area contributed by atoms with Crippen molar-refractivity contribution in [3.63, 3.8) is 0 Å². The summed E-state index contributed by atoms with van der Waals surface area (Å²) >= 11 is 0. The molecule has 1 heterocycles. The Kier molecular flexibility index (Phi) is 4.45. The zero-order valence-corrected chi connectivity index (χ0v) is 10.3. The summed E-state index contributed by atoms with van der Waals surface area (Å²) in [4.78, 5) is 7.57. The minimum Gasteiger partial charge on any atom is -0.411 e. The van der Waals surface area contributed by atoms with Gasteiger partial charge >= 0.3 is 0 Å². The van der Waals surface area contributed by atoms with Crippen LogP contribution in [0.5, 0.6) is 0 Å². The van der Waals surface area contributed by atoms with Crippen LogP contribution in [0.3, 0.4) is 0 Å². The maximum atomic E-state index is 8.43. The van der Waals surface area contributed by atoms with E-state index >= 15 is 0 Å². The number of hydrogen-bond donors (Lipinski definition) is 2. The molecule has 0 amide bonds. The van der Waals surface area contributed by atoms with E-state index in [-0.39, 0.29) is 0 Å². The topological polar surface area (TPSA) is 75.8 Å². The lowest BCUT2D eigenvalue weighted by Crippen LogP contribution is -2.36. The normalized spacial score (nSPS) is 10.5. The molecule has 92 valence electrons. The van der Waals surface area contributed by atoms with Gasteiger partial charge in [0.15, 0.2) is 5.96 Å². The van der Waals surface area contributed by atoms with Crippen molar-refractivity contribution < 1.29 is 5.21 Å². The third kappa shape index (κ3) is 3.75. The highest BCUT2D eigenvalue weighted by Crippen LogP contribution is 2.04. The fraction of sp³-hybridized carbons (Fsp3) is 0.364. The first-order valence-electron chi connectivity index (χ1n) is 5.14. The van der Waals surface area contributed by atoms with Crippen molar-refractivity contribution in [2.45, 2.75) is 6.54 Å². The summed E-state index contributed by atoms with van der Waals surface area (Å²) in [5.74, 6) is 0.430. The third-order valence-corrected chi connectivity index (χ3v) is 2.24. The van der Waals surface area contributed by atoms with Crippen molar-refractivity contribution in [2.75, 3.05) is 21.1 Å². The molecule has 0 spiro atoms. The van der Waals surface area contributed by atoms with Crippen LogP contribution < -0.4 is 0 Å². The van der Waals surface area contributed by atoms with Gasteiger partial charge in [0.25, 0.3) is 0 Å². The number of aromatic nitrogens is 1. The second-order valence-corrected chi connectivity index (χ2v) is 3.91. The molecule has 0 unspecified atom stereocenters. The summed E-state index contributed by atoms with van der Waals surface area (Å²) in [5.41, 5.74) is 1.60. The van der Waals surface area contributed by atoms with Crippen molar-refractivity contribution in [1.29, 1.82) is 5.41 Å². The van der Waals surface area contributed by atoms with Gasteiger partial charge < -0.3 is 15.0 Å². The molecule has 0 aliphatic carbocycles. The van der Waals surface area contributed by atoms with Crippen LogP contribution in [0.1, 0.15) is 11.3 Å². The van der Waals surface area contributed by atoms with Crippen LogP contribution in [0.4, 0.5) is 0 Å². The first kappa shape index (κ1) is 13.0. The van der Waals surface area contributed by atoms with Crippen molar-refractivity contribution >= 4 is 12.2 Å². The molecular formula is C11H17N5O. The maximum absolute atomic E-state index is 8.43. The van der Waals surface area contributed by atoms with Crippen molar-refractivity contribution in [3.05, 3.63) is 29.6 Å². The number of nitrogens with zero attached hydrogens (tertiary/aromatic N) is 4. The Morgan fingerprint density at radius 1 is 1.53 bits per heavy atom. The summed E-state index contributed by atoms with van der Waals surface area (Å²) in [6.07, 6.45) is 2.93. The molecule has 1 aromatic rings. The highest BCUT2D eigenvalue weighted by molar-refractivity contribution is 5.77.